The van der Waals surface area contributed by atoms with Gasteiger partial charge in [0.1, 0.15) is 16.9 Å². The van der Waals surface area contributed by atoms with Gasteiger partial charge in [0.25, 0.3) is 0 Å². The highest BCUT2D eigenvalue weighted by Gasteiger charge is 2.21. The Morgan fingerprint density at radius 3 is 2.08 bits per heavy atom. The molecule has 0 amide bonds. The minimum Gasteiger partial charge on any atom is -0.488 e. The summed E-state index contributed by atoms with van der Waals surface area (Å²) in [5, 5.41) is 0.681. The average Bonchev–Trinajstić information content (AvgIpc) is 2.39. The van der Waals surface area contributed by atoms with Gasteiger partial charge in [-0.3, -0.25) is 0 Å². The Morgan fingerprint density at radius 1 is 0.958 bits per heavy atom. The predicted molar refractivity (Wildman–Crippen MR) is 94.4 cm³/mol. The molecular formula is C19H26O5. The first-order chi connectivity index (χ1) is 11.1. The summed E-state index contributed by atoms with van der Waals surface area (Å²) < 4.78 is 22.8. The maximum absolute atomic E-state index is 12.4. The third kappa shape index (κ3) is 4.43. The van der Waals surface area contributed by atoms with E-state index in [1.54, 1.807) is 6.07 Å². The summed E-state index contributed by atoms with van der Waals surface area (Å²) in [5.41, 5.74) is -0.486. The van der Waals surface area contributed by atoms with Crippen LogP contribution in [-0.4, -0.2) is 17.8 Å². The van der Waals surface area contributed by atoms with Crippen molar-refractivity contribution >= 4 is 11.0 Å². The maximum atomic E-state index is 12.4. The molecule has 0 aliphatic heterocycles. The quantitative estimate of drug-likeness (QED) is 0.751. The van der Waals surface area contributed by atoms with Gasteiger partial charge in [-0.15, -0.1) is 0 Å². The Kier molecular flexibility index (Phi) is 5.11. The van der Waals surface area contributed by atoms with Crippen LogP contribution < -0.4 is 19.8 Å². The van der Waals surface area contributed by atoms with Crippen LogP contribution in [0.15, 0.2) is 27.4 Å². The third-order valence-corrected chi connectivity index (χ3v) is 2.92. The molecule has 0 spiro atoms. The number of hydrogen-bond donors (Lipinski definition) is 0. The normalized spacial score (nSPS) is 12.0. The largest absolute Gasteiger partial charge is 0.488 e. The zero-order chi connectivity index (χ0) is 18.1. The van der Waals surface area contributed by atoms with Crippen molar-refractivity contribution in [3.8, 4) is 17.2 Å². The predicted octanol–water partition coefficient (Wildman–Crippen LogP) is 4.54. The van der Waals surface area contributed by atoms with Crippen molar-refractivity contribution in [1.29, 1.82) is 0 Å². The molecule has 0 bridgehead atoms. The summed E-state index contributed by atoms with van der Waals surface area (Å²) in [6, 6.07) is 5.36. The molecule has 0 N–H and O–H groups in total. The Labute approximate surface area is 142 Å². The summed E-state index contributed by atoms with van der Waals surface area (Å²) in [6.45, 7) is 13.4. The van der Waals surface area contributed by atoms with E-state index in [2.05, 4.69) is 0 Å². The number of ether oxygens (including phenoxy) is 3. The van der Waals surface area contributed by atoms with Gasteiger partial charge in [-0.05, 0) is 60.6 Å². The fourth-order valence-corrected chi connectivity index (χ4v) is 2.24. The van der Waals surface area contributed by atoms with Gasteiger partial charge in [-0.2, -0.15) is 0 Å². The van der Waals surface area contributed by atoms with E-state index in [-0.39, 0.29) is 23.6 Å². The number of rotatable bonds is 5. The minimum absolute atomic E-state index is 0.102. The number of fused-ring (bicyclic) bond motifs is 1. The van der Waals surface area contributed by atoms with Crippen molar-refractivity contribution in [2.75, 3.05) is 0 Å². The van der Waals surface area contributed by atoms with Crippen molar-refractivity contribution in [1.82, 2.24) is 0 Å². The molecule has 132 valence electrons. The van der Waals surface area contributed by atoms with Gasteiger partial charge in [0, 0.05) is 6.07 Å². The van der Waals surface area contributed by atoms with E-state index in [1.807, 2.05) is 60.6 Å². The highest BCUT2D eigenvalue weighted by atomic mass is 16.5. The van der Waals surface area contributed by atoms with Crippen LogP contribution in [0, 0.1) is 0 Å². The molecule has 1 heterocycles. The topological polar surface area (TPSA) is 57.9 Å². The molecule has 0 atom stereocenters. The first-order valence-corrected chi connectivity index (χ1v) is 8.20. The zero-order valence-corrected chi connectivity index (χ0v) is 15.4. The lowest BCUT2D eigenvalue weighted by Gasteiger charge is -2.22. The molecule has 0 radical (unpaired) electrons. The first-order valence-electron chi connectivity index (χ1n) is 8.20. The van der Waals surface area contributed by atoms with Crippen molar-refractivity contribution in [2.45, 2.75) is 66.3 Å². The molecule has 0 saturated carbocycles. The molecule has 1 aromatic carbocycles. The monoisotopic (exact) mass is 334 g/mol. The molecule has 0 saturated heterocycles. The van der Waals surface area contributed by atoms with Gasteiger partial charge in [0.05, 0.1) is 17.6 Å². The fraction of sp³-hybridized carbons (Fsp3) is 0.526. The molecule has 0 fully saturated rings. The highest BCUT2D eigenvalue weighted by Crippen LogP contribution is 2.36. The Hall–Kier alpha value is -2.17. The molecule has 1 aromatic heterocycles. The van der Waals surface area contributed by atoms with Crippen LogP contribution in [0.25, 0.3) is 11.0 Å². The van der Waals surface area contributed by atoms with Crippen LogP contribution in [0.5, 0.6) is 17.2 Å². The van der Waals surface area contributed by atoms with Crippen LogP contribution in [0.3, 0.4) is 0 Å². The molecule has 5 heteroatoms. The van der Waals surface area contributed by atoms with Crippen LogP contribution in [-0.2, 0) is 0 Å². The van der Waals surface area contributed by atoms with Crippen LogP contribution in [0.4, 0.5) is 0 Å². The Morgan fingerprint density at radius 2 is 1.54 bits per heavy atom. The molecule has 0 aliphatic carbocycles. The maximum Gasteiger partial charge on any atom is 0.383 e. The smallest absolute Gasteiger partial charge is 0.383 e. The SMILES string of the molecule is CC(C)Oc1c(OC(C)C)c2ccc(OC(C)(C)C)cc2oc1=O. The van der Waals surface area contributed by atoms with Gasteiger partial charge in [0.2, 0.25) is 5.75 Å². The van der Waals surface area contributed by atoms with Gasteiger partial charge >= 0.3 is 5.63 Å². The van der Waals surface area contributed by atoms with Crippen LogP contribution in [0.1, 0.15) is 48.5 Å². The first kappa shape index (κ1) is 18.2. The second kappa shape index (κ2) is 6.75. The lowest BCUT2D eigenvalue weighted by atomic mass is 10.1. The molecule has 5 nitrogen and oxygen atoms in total. The van der Waals surface area contributed by atoms with Gasteiger partial charge in [-0.1, -0.05) is 0 Å². The summed E-state index contributed by atoms with van der Waals surface area (Å²) >= 11 is 0. The summed E-state index contributed by atoms with van der Waals surface area (Å²) in [6.07, 6.45) is -0.265. The van der Waals surface area contributed by atoms with E-state index < -0.39 is 5.63 Å². The molecule has 2 aromatic rings. The van der Waals surface area contributed by atoms with Crippen molar-refractivity contribution in [3.63, 3.8) is 0 Å². The summed E-state index contributed by atoms with van der Waals surface area (Å²) in [7, 11) is 0. The van der Waals surface area contributed by atoms with Crippen molar-refractivity contribution in [2.24, 2.45) is 0 Å². The highest BCUT2D eigenvalue weighted by molar-refractivity contribution is 5.86. The van der Waals surface area contributed by atoms with Gasteiger partial charge < -0.3 is 18.6 Å². The zero-order valence-electron chi connectivity index (χ0n) is 15.4. The standard InChI is InChI=1S/C19H26O5/c1-11(2)21-16-14-9-8-13(24-19(5,6)7)10-15(14)23-18(20)17(16)22-12(3)4/h8-12H,1-7H3. The average molecular weight is 334 g/mol. The van der Waals surface area contributed by atoms with Crippen LogP contribution >= 0.6 is 0 Å². The van der Waals surface area contributed by atoms with E-state index in [1.165, 1.54) is 0 Å². The summed E-state index contributed by atoms with van der Waals surface area (Å²) in [5.74, 6) is 1.15. The Balaban J connectivity index is 2.62. The third-order valence-electron chi connectivity index (χ3n) is 2.92. The van der Waals surface area contributed by atoms with Crippen molar-refractivity contribution < 1.29 is 18.6 Å². The fourth-order valence-electron chi connectivity index (χ4n) is 2.24. The lowest BCUT2D eigenvalue weighted by molar-refractivity contribution is 0.131. The van der Waals surface area contributed by atoms with Crippen molar-refractivity contribution in [3.05, 3.63) is 28.6 Å². The van der Waals surface area contributed by atoms with E-state index in [9.17, 15) is 4.79 Å². The van der Waals surface area contributed by atoms with Crippen LogP contribution in [0.2, 0.25) is 0 Å². The van der Waals surface area contributed by atoms with E-state index in [0.717, 1.165) is 0 Å². The molecule has 0 aliphatic rings. The molecule has 0 unspecified atom stereocenters. The summed E-state index contributed by atoms with van der Waals surface area (Å²) in [4.78, 5) is 12.4. The second-order valence-electron chi connectivity index (χ2n) is 7.25. The lowest BCUT2D eigenvalue weighted by Crippen LogP contribution is -2.23. The molecular weight excluding hydrogens is 308 g/mol. The second-order valence-corrected chi connectivity index (χ2v) is 7.25. The minimum atomic E-state index is -0.556. The van der Waals surface area contributed by atoms with E-state index in [0.29, 0.717) is 22.5 Å². The number of benzene rings is 1. The van der Waals surface area contributed by atoms with E-state index >= 15 is 0 Å². The van der Waals surface area contributed by atoms with Gasteiger partial charge in [-0.25, -0.2) is 4.79 Å². The molecule has 24 heavy (non-hydrogen) atoms. The van der Waals surface area contributed by atoms with E-state index in [4.69, 9.17) is 18.6 Å². The van der Waals surface area contributed by atoms with Gasteiger partial charge in [0.15, 0.2) is 5.75 Å². The Bertz CT molecular complexity index is 766. The number of hydrogen-bond acceptors (Lipinski definition) is 5. The molecule has 2 rings (SSSR count).